The van der Waals surface area contributed by atoms with Crippen LogP contribution in [0.3, 0.4) is 0 Å². The number of carbonyl (C=O) groups is 1. The quantitative estimate of drug-likeness (QED) is 0.736. The SMILES string of the molecule is CCCCC(N)C(=O)NC1CCCC1SCC. The fourth-order valence-corrected chi connectivity index (χ4v) is 3.55. The second kappa shape index (κ2) is 7.98. The molecule has 17 heavy (non-hydrogen) atoms. The summed E-state index contributed by atoms with van der Waals surface area (Å²) in [6.45, 7) is 4.30. The van der Waals surface area contributed by atoms with E-state index in [1.54, 1.807) is 0 Å². The Balaban J connectivity index is 2.33. The summed E-state index contributed by atoms with van der Waals surface area (Å²) in [5.74, 6) is 1.17. The highest BCUT2D eigenvalue weighted by Crippen LogP contribution is 2.29. The van der Waals surface area contributed by atoms with Crippen molar-refractivity contribution in [3.8, 4) is 0 Å². The highest BCUT2D eigenvalue weighted by molar-refractivity contribution is 7.99. The minimum absolute atomic E-state index is 0.0482. The summed E-state index contributed by atoms with van der Waals surface area (Å²) >= 11 is 1.96. The lowest BCUT2D eigenvalue weighted by Gasteiger charge is -2.22. The maximum Gasteiger partial charge on any atom is 0.237 e. The van der Waals surface area contributed by atoms with Crippen LogP contribution in [-0.4, -0.2) is 29.0 Å². The molecule has 1 aliphatic carbocycles. The van der Waals surface area contributed by atoms with Crippen LogP contribution in [0.5, 0.6) is 0 Å². The summed E-state index contributed by atoms with van der Waals surface area (Å²) in [5.41, 5.74) is 5.88. The summed E-state index contributed by atoms with van der Waals surface area (Å²) in [7, 11) is 0. The first-order valence-electron chi connectivity index (χ1n) is 6.86. The minimum Gasteiger partial charge on any atom is -0.351 e. The fraction of sp³-hybridized carbons (Fsp3) is 0.923. The number of unbranched alkanes of at least 4 members (excludes halogenated alkanes) is 1. The molecule has 1 aliphatic rings. The van der Waals surface area contributed by atoms with E-state index in [1.807, 2.05) is 11.8 Å². The molecule has 3 N–H and O–H groups in total. The molecule has 1 amide bonds. The van der Waals surface area contributed by atoms with Crippen molar-refractivity contribution in [3.05, 3.63) is 0 Å². The van der Waals surface area contributed by atoms with Crippen LogP contribution >= 0.6 is 11.8 Å². The zero-order chi connectivity index (χ0) is 12.7. The van der Waals surface area contributed by atoms with Crippen LogP contribution in [0.25, 0.3) is 0 Å². The van der Waals surface area contributed by atoms with E-state index in [2.05, 4.69) is 19.2 Å². The number of thioether (sulfide) groups is 1. The van der Waals surface area contributed by atoms with Gasteiger partial charge in [0.25, 0.3) is 0 Å². The van der Waals surface area contributed by atoms with Crippen molar-refractivity contribution in [2.75, 3.05) is 5.75 Å². The molecule has 3 nitrogen and oxygen atoms in total. The van der Waals surface area contributed by atoms with Gasteiger partial charge in [0.1, 0.15) is 0 Å². The third-order valence-electron chi connectivity index (χ3n) is 3.37. The second-order valence-electron chi connectivity index (χ2n) is 4.79. The van der Waals surface area contributed by atoms with Crippen LogP contribution < -0.4 is 11.1 Å². The van der Waals surface area contributed by atoms with Gasteiger partial charge in [-0.25, -0.2) is 0 Å². The first-order chi connectivity index (χ1) is 8.19. The number of carbonyl (C=O) groups excluding carboxylic acids is 1. The van der Waals surface area contributed by atoms with Crippen molar-refractivity contribution < 1.29 is 4.79 Å². The molecule has 0 aromatic rings. The molecule has 4 heteroatoms. The normalized spacial score (nSPS) is 25.8. The van der Waals surface area contributed by atoms with Crippen LogP contribution in [0, 0.1) is 0 Å². The van der Waals surface area contributed by atoms with Crippen molar-refractivity contribution in [3.63, 3.8) is 0 Å². The molecule has 0 spiro atoms. The van der Waals surface area contributed by atoms with Crippen LogP contribution in [-0.2, 0) is 4.79 Å². The predicted octanol–water partition coefficient (Wildman–Crippen LogP) is 2.29. The van der Waals surface area contributed by atoms with E-state index >= 15 is 0 Å². The van der Waals surface area contributed by atoms with E-state index in [0.29, 0.717) is 11.3 Å². The van der Waals surface area contributed by atoms with Gasteiger partial charge in [-0.3, -0.25) is 4.79 Å². The smallest absolute Gasteiger partial charge is 0.237 e. The Morgan fingerprint density at radius 1 is 1.47 bits per heavy atom. The van der Waals surface area contributed by atoms with E-state index in [1.165, 1.54) is 12.8 Å². The number of nitrogens with one attached hydrogen (secondary N) is 1. The van der Waals surface area contributed by atoms with E-state index in [0.717, 1.165) is 31.4 Å². The van der Waals surface area contributed by atoms with Gasteiger partial charge in [-0.15, -0.1) is 0 Å². The Bertz CT molecular complexity index is 235. The van der Waals surface area contributed by atoms with Crippen LogP contribution in [0.1, 0.15) is 52.4 Å². The largest absolute Gasteiger partial charge is 0.351 e. The van der Waals surface area contributed by atoms with E-state index < -0.39 is 0 Å². The summed E-state index contributed by atoms with van der Waals surface area (Å²) in [4.78, 5) is 11.9. The van der Waals surface area contributed by atoms with Crippen molar-refractivity contribution in [1.29, 1.82) is 0 Å². The predicted molar refractivity (Wildman–Crippen MR) is 75.2 cm³/mol. The zero-order valence-corrected chi connectivity index (χ0v) is 11.9. The Hall–Kier alpha value is -0.220. The van der Waals surface area contributed by atoms with Crippen molar-refractivity contribution >= 4 is 17.7 Å². The average Bonchev–Trinajstić information content (AvgIpc) is 2.74. The zero-order valence-electron chi connectivity index (χ0n) is 11.1. The molecule has 0 aliphatic heterocycles. The summed E-state index contributed by atoms with van der Waals surface area (Å²) in [5, 5.41) is 3.74. The lowest BCUT2D eigenvalue weighted by atomic mass is 10.1. The molecule has 1 fully saturated rings. The van der Waals surface area contributed by atoms with E-state index in [4.69, 9.17) is 5.73 Å². The summed E-state index contributed by atoms with van der Waals surface area (Å²) in [6, 6.07) is 0.0305. The molecule has 1 rings (SSSR count). The first-order valence-corrected chi connectivity index (χ1v) is 7.91. The Morgan fingerprint density at radius 2 is 2.24 bits per heavy atom. The number of nitrogens with two attached hydrogens (primary N) is 1. The van der Waals surface area contributed by atoms with Gasteiger partial charge in [0.05, 0.1) is 6.04 Å². The molecule has 0 aromatic carbocycles. The van der Waals surface area contributed by atoms with Crippen LogP contribution in [0.4, 0.5) is 0 Å². The maximum atomic E-state index is 11.9. The van der Waals surface area contributed by atoms with E-state index in [9.17, 15) is 4.79 Å². The molecule has 0 bridgehead atoms. The molecule has 0 saturated heterocycles. The molecule has 3 atom stereocenters. The third-order valence-corrected chi connectivity index (χ3v) is 4.69. The number of hydrogen-bond acceptors (Lipinski definition) is 3. The van der Waals surface area contributed by atoms with Gasteiger partial charge in [-0.2, -0.15) is 11.8 Å². The van der Waals surface area contributed by atoms with Gasteiger partial charge < -0.3 is 11.1 Å². The number of amides is 1. The lowest BCUT2D eigenvalue weighted by molar-refractivity contribution is -0.123. The van der Waals surface area contributed by atoms with Gasteiger partial charge in [0.15, 0.2) is 0 Å². The standard InChI is InChI=1S/C13H26N2OS/c1-3-5-7-10(14)13(16)15-11-8-6-9-12(11)17-4-2/h10-12H,3-9,14H2,1-2H3,(H,15,16). The first kappa shape index (κ1) is 14.8. The Kier molecular flexibility index (Phi) is 6.97. The highest BCUT2D eigenvalue weighted by atomic mass is 32.2. The second-order valence-corrected chi connectivity index (χ2v) is 6.30. The topological polar surface area (TPSA) is 55.1 Å². The molecular weight excluding hydrogens is 232 g/mol. The molecule has 0 radical (unpaired) electrons. The van der Waals surface area contributed by atoms with Gasteiger partial charge in [-0.05, 0) is 25.0 Å². The summed E-state index contributed by atoms with van der Waals surface area (Å²) < 4.78 is 0. The molecule has 100 valence electrons. The van der Waals surface area contributed by atoms with Crippen molar-refractivity contribution in [2.24, 2.45) is 5.73 Å². The van der Waals surface area contributed by atoms with Crippen LogP contribution in [0.2, 0.25) is 0 Å². The monoisotopic (exact) mass is 258 g/mol. The number of hydrogen-bond donors (Lipinski definition) is 2. The van der Waals surface area contributed by atoms with Gasteiger partial charge in [-0.1, -0.05) is 33.1 Å². The molecule has 0 heterocycles. The lowest BCUT2D eigenvalue weighted by Crippen LogP contribution is -2.47. The van der Waals surface area contributed by atoms with Gasteiger partial charge in [0, 0.05) is 11.3 Å². The number of rotatable bonds is 7. The molecular formula is C13H26N2OS. The molecule has 3 unspecified atom stereocenters. The maximum absolute atomic E-state index is 11.9. The van der Waals surface area contributed by atoms with Crippen molar-refractivity contribution in [2.45, 2.75) is 69.7 Å². The molecule has 1 saturated carbocycles. The van der Waals surface area contributed by atoms with Crippen molar-refractivity contribution in [1.82, 2.24) is 5.32 Å². The van der Waals surface area contributed by atoms with Gasteiger partial charge in [0.2, 0.25) is 5.91 Å². The fourth-order valence-electron chi connectivity index (χ4n) is 2.35. The average molecular weight is 258 g/mol. The van der Waals surface area contributed by atoms with Crippen LogP contribution in [0.15, 0.2) is 0 Å². The van der Waals surface area contributed by atoms with E-state index in [-0.39, 0.29) is 11.9 Å². The minimum atomic E-state index is -0.317. The summed E-state index contributed by atoms with van der Waals surface area (Å²) in [6.07, 6.45) is 6.51. The van der Waals surface area contributed by atoms with Gasteiger partial charge >= 0.3 is 0 Å². The highest BCUT2D eigenvalue weighted by Gasteiger charge is 2.29. The Labute approximate surface area is 109 Å². The molecule has 0 aromatic heterocycles. The third kappa shape index (κ3) is 4.88. The Morgan fingerprint density at radius 3 is 2.88 bits per heavy atom.